The summed E-state index contributed by atoms with van der Waals surface area (Å²) < 4.78 is 15.9. The molecule has 1 saturated heterocycles. The quantitative estimate of drug-likeness (QED) is 0.0912. The van der Waals surface area contributed by atoms with Crippen molar-refractivity contribution < 1.29 is 39.1 Å². The second kappa shape index (κ2) is 10.3. The third-order valence-corrected chi connectivity index (χ3v) is 5.31. The normalized spacial score (nSPS) is 24.2. The summed E-state index contributed by atoms with van der Waals surface area (Å²) >= 11 is 1.88. The Morgan fingerprint density at radius 3 is 2.59 bits per heavy atom. The molecule has 14 heteroatoms. The lowest BCUT2D eigenvalue weighted by Gasteiger charge is -2.13. The molecule has 5 atom stereocenters. The monoisotopic (exact) mass is 561 g/mol. The van der Waals surface area contributed by atoms with E-state index >= 15 is 0 Å². The number of hydrogen-bond acceptors (Lipinski definition) is 10. The third kappa shape index (κ3) is 5.57. The van der Waals surface area contributed by atoms with Crippen molar-refractivity contribution in [1.29, 1.82) is 0 Å². The number of ether oxygens (including phenoxy) is 3. The van der Waals surface area contributed by atoms with Gasteiger partial charge in [-0.25, -0.2) is 14.5 Å². The van der Waals surface area contributed by atoms with Crippen molar-refractivity contribution in [2.75, 3.05) is 6.61 Å². The molecule has 1 aliphatic heterocycles. The first-order valence-corrected chi connectivity index (χ1v) is 10.5. The Morgan fingerprint density at radius 2 is 2.00 bits per heavy atom. The lowest BCUT2D eigenvalue weighted by Crippen LogP contribution is -2.33. The fourth-order valence-corrected chi connectivity index (χ4v) is 3.43. The van der Waals surface area contributed by atoms with Crippen molar-refractivity contribution in [2.24, 2.45) is 10.7 Å². The Morgan fingerprint density at radius 1 is 1.31 bits per heavy atom. The number of alkyl halides is 1. The number of aliphatic imine (C=N–C) groups is 1. The zero-order chi connectivity index (χ0) is 23.4. The zero-order valence-corrected chi connectivity index (χ0v) is 18.8. The lowest BCUT2D eigenvalue weighted by molar-refractivity contribution is -0.131. The molecule has 172 valence electrons. The summed E-state index contributed by atoms with van der Waals surface area (Å²) in [4.78, 5) is 30.6. The summed E-state index contributed by atoms with van der Waals surface area (Å²) in [5.74, 6) is -0.562. The number of esters is 1. The van der Waals surface area contributed by atoms with Gasteiger partial charge in [-0.15, -0.1) is 5.10 Å². The smallest absolute Gasteiger partial charge is 0.429 e. The van der Waals surface area contributed by atoms with Crippen LogP contribution in [0.1, 0.15) is 28.7 Å². The number of aromatic nitrogens is 3. The highest BCUT2D eigenvalue weighted by Crippen LogP contribution is 2.29. The average molecular weight is 561 g/mol. The first-order valence-electron chi connectivity index (χ1n) is 9.20. The van der Waals surface area contributed by atoms with Crippen LogP contribution in [-0.2, 0) is 14.3 Å². The van der Waals surface area contributed by atoms with Crippen LogP contribution in [-0.4, -0.2) is 72.9 Å². The maximum Gasteiger partial charge on any atom is 0.437 e. The molecule has 5 N–H and O–H groups in total. The van der Waals surface area contributed by atoms with Gasteiger partial charge in [0.1, 0.15) is 30.4 Å². The molecule has 2 aromatic rings. The molecular weight excluding hydrogens is 541 g/mol. The second-order valence-electron chi connectivity index (χ2n) is 6.64. The van der Waals surface area contributed by atoms with Crippen molar-refractivity contribution in [1.82, 2.24) is 14.8 Å². The van der Waals surface area contributed by atoms with E-state index in [0.29, 0.717) is 11.3 Å². The Hall–Kier alpha value is -2.66. The first kappa shape index (κ1) is 24.0. The SMILES string of the molecule is CC(=O)Oc1ccc(C(I)OC(=O)/N=C(\N)c2ncn(C3OC(CO)C(O)C3O)n2)cc1. The van der Waals surface area contributed by atoms with Gasteiger partial charge in [0.15, 0.2) is 16.2 Å². The van der Waals surface area contributed by atoms with Gasteiger partial charge in [-0.3, -0.25) is 4.79 Å². The van der Waals surface area contributed by atoms with Gasteiger partial charge in [0.25, 0.3) is 0 Å². The van der Waals surface area contributed by atoms with Crippen molar-refractivity contribution in [3.8, 4) is 5.75 Å². The summed E-state index contributed by atoms with van der Waals surface area (Å²) in [5.41, 5.74) is 6.39. The van der Waals surface area contributed by atoms with E-state index in [1.54, 1.807) is 24.3 Å². The van der Waals surface area contributed by atoms with E-state index < -0.39 is 47.3 Å². The molecule has 5 unspecified atom stereocenters. The number of amides is 1. The Kier molecular flexibility index (Phi) is 7.73. The van der Waals surface area contributed by atoms with Crippen molar-refractivity contribution in [3.05, 3.63) is 42.0 Å². The van der Waals surface area contributed by atoms with Crippen LogP contribution in [0.4, 0.5) is 4.79 Å². The number of halogens is 1. The van der Waals surface area contributed by atoms with Crippen LogP contribution in [0.25, 0.3) is 0 Å². The number of benzene rings is 1. The molecule has 1 aromatic heterocycles. The summed E-state index contributed by atoms with van der Waals surface area (Å²) in [6.07, 6.45) is -4.55. The average Bonchev–Trinajstić information content (AvgIpc) is 3.33. The number of rotatable bonds is 6. The molecule has 3 rings (SSSR count). The molecule has 32 heavy (non-hydrogen) atoms. The minimum absolute atomic E-state index is 0.129. The number of carbonyl (C=O) groups is 2. The molecule has 1 fully saturated rings. The van der Waals surface area contributed by atoms with Gasteiger partial charge in [0.2, 0.25) is 5.82 Å². The molecular formula is C18H20IN5O8. The molecule has 1 aliphatic rings. The maximum absolute atomic E-state index is 12.1. The van der Waals surface area contributed by atoms with E-state index in [1.165, 1.54) is 13.3 Å². The highest BCUT2D eigenvalue weighted by atomic mass is 127. The van der Waals surface area contributed by atoms with E-state index in [-0.39, 0.29) is 11.7 Å². The maximum atomic E-state index is 12.1. The van der Waals surface area contributed by atoms with Gasteiger partial charge in [-0.2, -0.15) is 4.99 Å². The number of nitrogens with zero attached hydrogens (tertiary/aromatic N) is 4. The van der Waals surface area contributed by atoms with E-state index in [0.717, 1.165) is 4.68 Å². The summed E-state index contributed by atoms with van der Waals surface area (Å²) in [6.45, 7) is 0.797. The standard InChI is InChI=1S/C18H20IN5O8/c1-8(26)30-10-4-2-9(3-5-10)14(19)32-18(29)22-15(20)16-21-7-24(23-16)17-13(28)12(27)11(6-25)31-17/h2-5,7,11-14,17,25,27-28H,6H2,1H3,(H2,20,22,29). The van der Waals surface area contributed by atoms with Gasteiger partial charge >= 0.3 is 12.1 Å². The van der Waals surface area contributed by atoms with Crippen LogP contribution in [0.3, 0.4) is 0 Å². The fourth-order valence-electron chi connectivity index (χ4n) is 2.80. The van der Waals surface area contributed by atoms with Crippen molar-refractivity contribution >= 4 is 40.5 Å². The molecule has 1 amide bonds. The minimum atomic E-state index is -1.35. The number of nitrogens with two attached hydrogens (primary N) is 1. The van der Waals surface area contributed by atoms with Crippen LogP contribution in [0.15, 0.2) is 35.6 Å². The van der Waals surface area contributed by atoms with Gasteiger partial charge in [0.05, 0.1) is 6.61 Å². The summed E-state index contributed by atoms with van der Waals surface area (Å²) in [6, 6.07) is 6.37. The zero-order valence-electron chi connectivity index (χ0n) is 16.6. The second-order valence-corrected chi connectivity index (χ2v) is 7.77. The number of aliphatic hydroxyl groups excluding tert-OH is 3. The highest BCUT2D eigenvalue weighted by Gasteiger charge is 2.44. The van der Waals surface area contributed by atoms with Crippen molar-refractivity contribution in [3.63, 3.8) is 0 Å². The summed E-state index contributed by atoms with van der Waals surface area (Å²) in [7, 11) is 0. The van der Waals surface area contributed by atoms with E-state index in [1.807, 2.05) is 22.6 Å². The predicted octanol–water partition coefficient (Wildman–Crippen LogP) is -0.209. The van der Waals surface area contributed by atoms with Gasteiger partial charge in [0, 0.05) is 12.5 Å². The van der Waals surface area contributed by atoms with Gasteiger partial charge in [-0.05, 0) is 34.7 Å². The molecule has 13 nitrogen and oxygen atoms in total. The van der Waals surface area contributed by atoms with Crippen LogP contribution < -0.4 is 10.5 Å². The molecule has 2 heterocycles. The molecule has 0 aliphatic carbocycles. The number of carbonyl (C=O) groups excluding carboxylic acids is 2. The highest BCUT2D eigenvalue weighted by molar-refractivity contribution is 14.1. The third-order valence-electron chi connectivity index (χ3n) is 4.34. The topological polar surface area (TPSA) is 192 Å². The van der Waals surface area contributed by atoms with Crippen LogP contribution in [0.2, 0.25) is 0 Å². The number of amidine groups is 1. The van der Waals surface area contributed by atoms with E-state index in [9.17, 15) is 19.8 Å². The molecule has 0 radical (unpaired) electrons. The predicted molar refractivity (Wildman–Crippen MR) is 115 cm³/mol. The first-order chi connectivity index (χ1) is 15.2. The Labute approximate surface area is 195 Å². The Balaban J connectivity index is 1.62. The van der Waals surface area contributed by atoms with E-state index in [4.69, 9.17) is 25.1 Å². The molecule has 1 aromatic carbocycles. The Bertz CT molecular complexity index is 998. The van der Waals surface area contributed by atoms with Gasteiger partial charge in [-0.1, -0.05) is 12.1 Å². The lowest BCUT2D eigenvalue weighted by atomic mass is 10.1. The van der Waals surface area contributed by atoms with Crippen molar-refractivity contribution in [2.45, 2.75) is 35.6 Å². The van der Waals surface area contributed by atoms with Crippen LogP contribution in [0.5, 0.6) is 5.75 Å². The number of hydrogen-bond donors (Lipinski definition) is 4. The van der Waals surface area contributed by atoms with Gasteiger partial charge < -0.3 is 35.3 Å². The minimum Gasteiger partial charge on any atom is -0.429 e. The molecule has 0 saturated carbocycles. The van der Waals surface area contributed by atoms with Crippen LogP contribution >= 0.6 is 22.6 Å². The number of aliphatic hydroxyl groups is 3. The fraction of sp³-hybridized carbons (Fsp3) is 0.389. The van der Waals surface area contributed by atoms with Crippen LogP contribution in [0, 0.1) is 0 Å². The molecule has 0 spiro atoms. The largest absolute Gasteiger partial charge is 0.437 e. The molecule has 0 bridgehead atoms. The van der Waals surface area contributed by atoms with E-state index in [2.05, 4.69) is 15.1 Å². The summed E-state index contributed by atoms with van der Waals surface area (Å²) in [5, 5.41) is 33.0.